The summed E-state index contributed by atoms with van der Waals surface area (Å²) in [6.07, 6.45) is 1.08. The Bertz CT molecular complexity index is 430. The summed E-state index contributed by atoms with van der Waals surface area (Å²) in [5.41, 5.74) is 0. The smallest absolute Gasteiger partial charge is 0.321 e. The molecule has 0 heterocycles. The predicted octanol–water partition coefficient (Wildman–Crippen LogP) is -1.10. The molecule has 0 spiro atoms. The highest BCUT2D eigenvalue weighted by atomic mass is 16.4. The van der Waals surface area contributed by atoms with Crippen molar-refractivity contribution < 1.29 is 29.4 Å². The van der Waals surface area contributed by atoms with Gasteiger partial charge in [0.2, 0.25) is 11.8 Å². The molecule has 0 aromatic rings. The third-order valence-corrected chi connectivity index (χ3v) is 3.43. The normalized spacial score (nSPS) is 12.8. The van der Waals surface area contributed by atoms with E-state index in [1.54, 1.807) is 0 Å². The zero-order chi connectivity index (χ0) is 19.9. The molecular formula is C16H30N4O6. The number of carboxylic acid groups (broad SMARTS) is 2. The van der Waals surface area contributed by atoms with Gasteiger partial charge in [0.15, 0.2) is 0 Å². The molecular weight excluding hydrogens is 344 g/mol. The Morgan fingerprint density at radius 3 is 1.31 bits per heavy atom. The van der Waals surface area contributed by atoms with Crippen molar-refractivity contribution in [3.63, 3.8) is 0 Å². The topological polar surface area (TPSA) is 157 Å². The first-order chi connectivity index (χ1) is 12.3. The van der Waals surface area contributed by atoms with Gasteiger partial charge in [-0.2, -0.15) is 0 Å². The van der Waals surface area contributed by atoms with E-state index in [9.17, 15) is 19.2 Å². The highest BCUT2D eigenvalue weighted by Crippen LogP contribution is 1.95. The Morgan fingerprint density at radius 2 is 1.04 bits per heavy atom. The van der Waals surface area contributed by atoms with Crippen LogP contribution in [0.3, 0.4) is 0 Å². The van der Waals surface area contributed by atoms with E-state index in [1.165, 1.54) is 0 Å². The molecule has 6 N–H and O–H groups in total. The second kappa shape index (κ2) is 14.0. The van der Waals surface area contributed by atoms with E-state index in [-0.39, 0.29) is 37.7 Å². The Hall–Kier alpha value is -2.20. The van der Waals surface area contributed by atoms with Crippen molar-refractivity contribution in [2.75, 3.05) is 26.2 Å². The highest BCUT2D eigenvalue weighted by Gasteiger charge is 2.22. The van der Waals surface area contributed by atoms with E-state index in [0.717, 1.165) is 12.8 Å². The predicted molar refractivity (Wildman–Crippen MR) is 94.7 cm³/mol. The first kappa shape index (κ1) is 23.8. The number of carbonyl (C=O) groups is 4. The van der Waals surface area contributed by atoms with Crippen LogP contribution in [0, 0.1) is 0 Å². The van der Waals surface area contributed by atoms with Crippen LogP contribution in [0.1, 0.15) is 39.5 Å². The first-order valence-electron chi connectivity index (χ1n) is 8.77. The summed E-state index contributed by atoms with van der Waals surface area (Å²) >= 11 is 0. The number of carboxylic acids is 2. The Morgan fingerprint density at radius 1 is 0.692 bits per heavy atom. The zero-order valence-corrected chi connectivity index (χ0v) is 15.3. The van der Waals surface area contributed by atoms with Gasteiger partial charge < -0.3 is 31.5 Å². The van der Waals surface area contributed by atoms with Gasteiger partial charge in [-0.1, -0.05) is 13.8 Å². The Balaban J connectivity index is 4.29. The molecule has 0 rings (SSSR count). The van der Waals surface area contributed by atoms with Gasteiger partial charge in [0, 0.05) is 26.2 Å². The van der Waals surface area contributed by atoms with Crippen LogP contribution in [0.4, 0.5) is 0 Å². The molecule has 10 nitrogen and oxygen atoms in total. The summed E-state index contributed by atoms with van der Waals surface area (Å²) in [5.74, 6) is -3.05. The zero-order valence-electron chi connectivity index (χ0n) is 15.3. The SMILES string of the molecule is CCCNC(=O)CC(NCCNC(CC(=O)NCCC)C(=O)O)C(=O)O. The second-order valence-electron chi connectivity index (χ2n) is 5.80. The molecule has 0 saturated carbocycles. The molecule has 0 fully saturated rings. The number of hydrogen-bond donors (Lipinski definition) is 6. The molecule has 0 radical (unpaired) electrons. The molecule has 2 amide bonds. The lowest BCUT2D eigenvalue weighted by Gasteiger charge is -2.17. The quantitative estimate of drug-likeness (QED) is 0.197. The van der Waals surface area contributed by atoms with Gasteiger partial charge in [0.1, 0.15) is 12.1 Å². The van der Waals surface area contributed by atoms with Gasteiger partial charge in [-0.15, -0.1) is 0 Å². The fourth-order valence-corrected chi connectivity index (χ4v) is 2.03. The molecule has 10 heteroatoms. The van der Waals surface area contributed by atoms with Crippen LogP contribution in [0.15, 0.2) is 0 Å². The molecule has 150 valence electrons. The van der Waals surface area contributed by atoms with Crippen molar-refractivity contribution >= 4 is 23.8 Å². The number of nitrogens with one attached hydrogen (secondary N) is 4. The van der Waals surface area contributed by atoms with Crippen molar-refractivity contribution in [2.45, 2.75) is 51.6 Å². The van der Waals surface area contributed by atoms with Gasteiger partial charge in [-0.25, -0.2) is 0 Å². The number of rotatable bonds is 15. The summed E-state index contributed by atoms with van der Waals surface area (Å²) in [6, 6.07) is -2.13. The molecule has 0 aliphatic heterocycles. The molecule has 2 unspecified atom stereocenters. The summed E-state index contributed by atoms with van der Waals surface area (Å²) in [5, 5.41) is 28.9. The van der Waals surface area contributed by atoms with Crippen molar-refractivity contribution in [3.05, 3.63) is 0 Å². The van der Waals surface area contributed by atoms with Gasteiger partial charge in [0.25, 0.3) is 0 Å². The standard InChI is InChI=1S/C16H30N4O6/c1-3-5-19-13(21)9-11(15(23)24)17-7-8-18-12(16(25)26)10-14(22)20-6-4-2/h11-12,17-18H,3-10H2,1-2H3,(H,19,21)(H,20,22)(H,23,24)(H,25,26). The second-order valence-corrected chi connectivity index (χ2v) is 5.80. The van der Waals surface area contributed by atoms with Crippen molar-refractivity contribution in [3.8, 4) is 0 Å². The van der Waals surface area contributed by atoms with Crippen molar-refractivity contribution in [1.29, 1.82) is 0 Å². The van der Waals surface area contributed by atoms with E-state index < -0.39 is 24.0 Å². The minimum Gasteiger partial charge on any atom is -0.480 e. The number of aliphatic carboxylic acids is 2. The van der Waals surface area contributed by atoms with Crippen LogP contribution >= 0.6 is 0 Å². The third-order valence-electron chi connectivity index (χ3n) is 3.43. The monoisotopic (exact) mass is 374 g/mol. The lowest BCUT2D eigenvalue weighted by Crippen LogP contribution is -2.47. The highest BCUT2D eigenvalue weighted by molar-refractivity contribution is 5.85. The van der Waals surface area contributed by atoms with Crippen molar-refractivity contribution in [1.82, 2.24) is 21.3 Å². The van der Waals surface area contributed by atoms with Crippen LogP contribution in [0.2, 0.25) is 0 Å². The minimum absolute atomic E-state index is 0.137. The Kier molecular flexibility index (Phi) is 12.8. The van der Waals surface area contributed by atoms with E-state index >= 15 is 0 Å². The molecule has 2 atom stereocenters. The van der Waals surface area contributed by atoms with E-state index in [1.807, 2.05) is 13.8 Å². The molecule has 26 heavy (non-hydrogen) atoms. The van der Waals surface area contributed by atoms with Gasteiger partial charge >= 0.3 is 11.9 Å². The molecule has 0 bridgehead atoms. The minimum atomic E-state index is -1.16. The van der Waals surface area contributed by atoms with Crippen LogP contribution in [0.25, 0.3) is 0 Å². The summed E-state index contributed by atoms with van der Waals surface area (Å²) in [6.45, 7) is 5.01. The van der Waals surface area contributed by atoms with E-state index in [0.29, 0.717) is 13.1 Å². The number of hydrogen-bond acceptors (Lipinski definition) is 6. The number of amides is 2. The fourth-order valence-electron chi connectivity index (χ4n) is 2.03. The summed E-state index contributed by atoms with van der Waals surface area (Å²) in [4.78, 5) is 45.6. The molecule has 0 saturated heterocycles. The van der Waals surface area contributed by atoms with E-state index in [2.05, 4.69) is 21.3 Å². The molecule has 0 aromatic heterocycles. The molecule has 0 aromatic carbocycles. The fraction of sp³-hybridized carbons (Fsp3) is 0.750. The van der Waals surface area contributed by atoms with Gasteiger partial charge in [0.05, 0.1) is 12.8 Å². The molecule has 0 aliphatic carbocycles. The van der Waals surface area contributed by atoms with Crippen LogP contribution in [-0.2, 0) is 19.2 Å². The van der Waals surface area contributed by atoms with E-state index in [4.69, 9.17) is 10.2 Å². The average molecular weight is 374 g/mol. The average Bonchev–Trinajstić information content (AvgIpc) is 2.59. The lowest BCUT2D eigenvalue weighted by atomic mass is 10.2. The summed E-state index contributed by atoms with van der Waals surface area (Å²) < 4.78 is 0. The van der Waals surface area contributed by atoms with Crippen molar-refractivity contribution in [2.24, 2.45) is 0 Å². The maximum atomic E-state index is 11.6. The summed E-state index contributed by atoms with van der Waals surface area (Å²) in [7, 11) is 0. The van der Waals surface area contributed by atoms with Gasteiger partial charge in [-0.3, -0.25) is 19.2 Å². The Labute approximate surface area is 153 Å². The molecule has 0 aliphatic rings. The maximum absolute atomic E-state index is 11.6. The first-order valence-corrected chi connectivity index (χ1v) is 8.77. The maximum Gasteiger partial charge on any atom is 0.321 e. The largest absolute Gasteiger partial charge is 0.480 e. The van der Waals surface area contributed by atoms with Crippen LogP contribution in [-0.4, -0.2) is 72.2 Å². The van der Waals surface area contributed by atoms with Crippen LogP contribution < -0.4 is 21.3 Å². The van der Waals surface area contributed by atoms with Crippen LogP contribution in [0.5, 0.6) is 0 Å². The lowest BCUT2D eigenvalue weighted by molar-refractivity contribution is -0.142. The third kappa shape index (κ3) is 11.4. The van der Waals surface area contributed by atoms with Gasteiger partial charge in [-0.05, 0) is 12.8 Å². The number of carbonyl (C=O) groups excluding carboxylic acids is 2.